The van der Waals surface area contributed by atoms with Crippen molar-refractivity contribution in [2.75, 3.05) is 13.2 Å². The molecule has 5 heteroatoms. The number of amidine groups is 1. The van der Waals surface area contributed by atoms with Gasteiger partial charge < -0.3 is 15.2 Å². The second-order valence-corrected chi connectivity index (χ2v) is 8.51. The van der Waals surface area contributed by atoms with Gasteiger partial charge in [0, 0.05) is 20.9 Å². The zero-order valence-corrected chi connectivity index (χ0v) is 15.5. The van der Waals surface area contributed by atoms with Gasteiger partial charge >= 0.3 is 5.91 Å². The normalized spacial score (nSPS) is 18.4. The van der Waals surface area contributed by atoms with Crippen molar-refractivity contribution in [1.82, 2.24) is 0 Å². The predicted molar refractivity (Wildman–Crippen MR) is 100 cm³/mol. The molecule has 25 heavy (non-hydrogen) atoms. The summed E-state index contributed by atoms with van der Waals surface area (Å²) in [4.78, 5) is 6.73. The van der Waals surface area contributed by atoms with Crippen LogP contribution in [-0.4, -0.2) is 19.0 Å². The van der Waals surface area contributed by atoms with Gasteiger partial charge in [-0.15, -0.1) is 0 Å². The molecule has 1 saturated heterocycles. The van der Waals surface area contributed by atoms with E-state index in [1.165, 1.54) is 10.5 Å². The van der Waals surface area contributed by atoms with Gasteiger partial charge in [0.25, 0.3) is 0 Å². The molecule has 4 nitrogen and oxygen atoms in total. The van der Waals surface area contributed by atoms with Crippen LogP contribution in [0.25, 0.3) is 0 Å². The Morgan fingerprint density at radius 3 is 2.28 bits per heavy atom. The first kappa shape index (κ1) is 16.6. The van der Waals surface area contributed by atoms with Gasteiger partial charge in [-0.25, -0.2) is 4.99 Å². The Labute approximate surface area is 152 Å². The summed E-state index contributed by atoms with van der Waals surface area (Å²) in [5, 5.41) is 0. The maximum absolute atomic E-state index is 6.04. The Bertz CT molecular complexity index is 832. The van der Waals surface area contributed by atoms with E-state index in [9.17, 15) is 0 Å². The zero-order valence-electron chi connectivity index (χ0n) is 14.7. The highest BCUT2D eigenvalue weighted by Crippen LogP contribution is 2.42. The number of rotatable bonds is 2. The summed E-state index contributed by atoms with van der Waals surface area (Å²) in [5.74, 6) is -0.561. The summed E-state index contributed by atoms with van der Waals surface area (Å²) >= 11 is 1.71. The maximum Gasteiger partial charge on any atom is 0.300 e. The molecule has 0 bridgehead atoms. The van der Waals surface area contributed by atoms with Crippen molar-refractivity contribution in [3.05, 3.63) is 59.2 Å². The molecule has 0 amide bonds. The molecule has 0 radical (unpaired) electrons. The third-order valence-electron chi connectivity index (χ3n) is 4.51. The van der Waals surface area contributed by atoms with Crippen LogP contribution in [0.3, 0.4) is 0 Å². The van der Waals surface area contributed by atoms with Crippen LogP contribution in [-0.2, 0) is 20.8 Å². The Morgan fingerprint density at radius 1 is 1.00 bits per heavy atom. The van der Waals surface area contributed by atoms with Crippen LogP contribution in [0.4, 0.5) is 0 Å². The lowest BCUT2D eigenvalue weighted by Gasteiger charge is -2.20. The van der Waals surface area contributed by atoms with Crippen LogP contribution >= 0.6 is 11.8 Å². The fraction of sp³-hybridized carbons (Fsp3) is 0.350. The number of hydrogen-bond acceptors (Lipinski definition) is 5. The highest BCUT2D eigenvalue weighted by atomic mass is 32.2. The molecule has 2 aromatic carbocycles. The van der Waals surface area contributed by atoms with E-state index in [-0.39, 0.29) is 5.41 Å². The van der Waals surface area contributed by atoms with E-state index in [0.717, 1.165) is 16.0 Å². The van der Waals surface area contributed by atoms with Crippen LogP contribution in [0.1, 0.15) is 37.5 Å². The molecule has 2 heterocycles. The Balaban J connectivity index is 1.61. The van der Waals surface area contributed by atoms with Gasteiger partial charge in [-0.1, -0.05) is 44.7 Å². The predicted octanol–water partition coefficient (Wildman–Crippen LogP) is 4.01. The second-order valence-electron chi connectivity index (χ2n) is 7.36. The molecule has 0 aliphatic carbocycles. The monoisotopic (exact) mass is 354 g/mol. The molecule has 2 aromatic rings. The summed E-state index contributed by atoms with van der Waals surface area (Å²) in [6.07, 6.45) is 0. The van der Waals surface area contributed by atoms with Crippen molar-refractivity contribution >= 4 is 17.6 Å². The largest absolute Gasteiger partial charge is 0.383 e. The summed E-state index contributed by atoms with van der Waals surface area (Å²) < 4.78 is 11.5. The topological polar surface area (TPSA) is 56.8 Å². The van der Waals surface area contributed by atoms with Crippen LogP contribution < -0.4 is 5.73 Å². The maximum atomic E-state index is 6.04. The molecule has 0 saturated carbocycles. The Kier molecular flexibility index (Phi) is 3.90. The molecule has 1 fully saturated rings. The summed E-state index contributed by atoms with van der Waals surface area (Å²) in [5.41, 5.74) is 9.34. The number of ether oxygens (including phenoxy) is 2. The first-order chi connectivity index (χ1) is 11.9. The van der Waals surface area contributed by atoms with Crippen molar-refractivity contribution in [3.8, 4) is 0 Å². The lowest BCUT2D eigenvalue weighted by atomic mass is 9.87. The van der Waals surface area contributed by atoms with Crippen LogP contribution in [0.15, 0.2) is 57.2 Å². The van der Waals surface area contributed by atoms with Gasteiger partial charge in [0.1, 0.15) is 5.84 Å². The van der Waals surface area contributed by atoms with Gasteiger partial charge in [0.05, 0.1) is 13.2 Å². The SMILES string of the molecule is CC(C)(C)c1ccc(Sc2ccc3c(c2)C2(N=C3N)OCCO2)cc1. The van der Waals surface area contributed by atoms with Gasteiger partial charge in [-0.2, -0.15) is 0 Å². The first-order valence-corrected chi connectivity index (χ1v) is 9.26. The van der Waals surface area contributed by atoms with Gasteiger partial charge in [0.15, 0.2) is 0 Å². The van der Waals surface area contributed by atoms with Crippen LogP contribution in [0, 0.1) is 0 Å². The summed E-state index contributed by atoms with van der Waals surface area (Å²) in [6, 6.07) is 14.9. The molecule has 0 unspecified atom stereocenters. The van der Waals surface area contributed by atoms with Crippen molar-refractivity contribution in [1.29, 1.82) is 0 Å². The molecular formula is C20H22N2O2S. The van der Waals surface area contributed by atoms with E-state index in [1.807, 2.05) is 6.07 Å². The van der Waals surface area contributed by atoms with E-state index < -0.39 is 5.91 Å². The molecule has 0 aromatic heterocycles. The summed E-state index contributed by atoms with van der Waals surface area (Å²) in [6.45, 7) is 7.73. The van der Waals surface area contributed by atoms with Crippen molar-refractivity contribution in [2.45, 2.75) is 41.9 Å². The van der Waals surface area contributed by atoms with Gasteiger partial charge in [0.2, 0.25) is 0 Å². The molecule has 1 spiro atoms. The minimum Gasteiger partial charge on any atom is -0.383 e. The molecule has 2 aliphatic heterocycles. The molecule has 2 N–H and O–H groups in total. The quantitative estimate of drug-likeness (QED) is 0.885. The molecule has 0 atom stereocenters. The van der Waals surface area contributed by atoms with E-state index in [2.05, 4.69) is 62.2 Å². The number of nitrogens with two attached hydrogens (primary N) is 1. The Hall–Kier alpha value is -1.82. The first-order valence-electron chi connectivity index (χ1n) is 8.44. The average Bonchev–Trinajstić information content (AvgIpc) is 3.13. The van der Waals surface area contributed by atoms with Crippen LogP contribution in [0.5, 0.6) is 0 Å². The molecule has 130 valence electrons. The number of aliphatic imine (C=N–C) groups is 1. The van der Waals surface area contributed by atoms with Gasteiger partial charge in [-0.3, -0.25) is 0 Å². The fourth-order valence-corrected chi connectivity index (χ4v) is 3.99. The van der Waals surface area contributed by atoms with Crippen molar-refractivity contribution in [2.24, 2.45) is 10.7 Å². The number of hydrogen-bond donors (Lipinski definition) is 1. The van der Waals surface area contributed by atoms with E-state index >= 15 is 0 Å². The third kappa shape index (κ3) is 2.97. The van der Waals surface area contributed by atoms with Crippen LogP contribution in [0.2, 0.25) is 0 Å². The lowest BCUT2D eigenvalue weighted by molar-refractivity contribution is -0.155. The third-order valence-corrected chi connectivity index (χ3v) is 5.51. The van der Waals surface area contributed by atoms with E-state index in [0.29, 0.717) is 19.0 Å². The second kappa shape index (κ2) is 5.87. The van der Waals surface area contributed by atoms with E-state index in [4.69, 9.17) is 15.2 Å². The highest BCUT2D eigenvalue weighted by Gasteiger charge is 2.45. The number of fused-ring (bicyclic) bond motifs is 2. The van der Waals surface area contributed by atoms with Gasteiger partial charge in [-0.05, 0) is 41.3 Å². The Morgan fingerprint density at radius 2 is 1.64 bits per heavy atom. The standard InChI is InChI=1S/C20H22N2O2S/c1-19(2,3)13-4-6-14(7-5-13)25-15-8-9-16-17(12-15)20(22-18(16)21)23-10-11-24-20/h4-9,12H,10-11H2,1-3H3,(H2,21,22). The average molecular weight is 354 g/mol. The van der Waals surface area contributed by atoms with Crippen molar-refractivity contribution < 1.29 is 9.47 Å². The van der Waals surface area contributed by atoms with Crippen molar-refractivity contribution in [3.63, 3.8) is 0 Å². The smallest absolute Gasteiger partial charge is 0.300 e. The minimum absolute atomic E-state index is 0.162. The number of benzene rings is 2. The molecular weight excluding hydrogens is 332 g/mol. The zero-order chi connectivity index (χ0) is 17.7. The lowest BCUT2D eigenvalue weighted by Crippen LogP contribution is -2.22. The number of nitrogens with zero attached hydrogens (tertiary/aromatic N) is 1. The molecule has 2 aliphatic rings. The van der Waals surface area contributed by atoms with E-state index in [1.54, 1.807) is 11.8 Å². The summed E-state index contributed by atoms with van der Waals surface area (Å²) in [7, 11) is 0. The fourth-order valence-electron chi connectivity index (χ4n) is 3.13. The highest BCUT2D eigenvalue weighted by molar-refractivity contribution is 7.99. The minimum atomic E-state index is -1.04. The molecule has 4 rings (SSSR count).